The Morgan fingerprint density at radius 1 is 1.46 bits per heavy atom. The monoisotopic (exact) mass is 336 g/mol. The Balaban J connectivity index is 1.67. The zero-order valence-corrected chi connectivity index (χ0v) is 14.9. The van der Waals surface area contributed by atoms with Gasteiger partial charge in [-0.05, 0) is 31.6 Å². The molecule has 1 aromatic rings. The first kappa shape index (κ1) is 17.2. The number of hydrogen-bond acceptors (Lipinski definition) is 5. The lowest BCUT2D eigenvalue weighted by atomic mass is 9.83. The molecule has 3 rings (SSSR count). The highest BCUT2D eigenvalue weighted by atomic mass is 16.5. The molecule has 0 radical (unpaired) electrons. The zero-order chi connectivity index (χ0) is 17.2. The summed E-state index contributed by atoms with van der Waals surface area (Å²) in [6.45, 7) is 5.29. The predicted octanol–water partition coefficient (Wildman–Crippen LogP) is 2.82. The van der Waals surface area contributed by atoms with Gasteiger partial charge in [0.25, 0.3) is 0 Å². The van der Waals surface area contributed by atoms with E-state index in [1.807, 2.05) is 0 Å². The number of hydrogen-bond donors (Lipinski definition) is 1. The van der Waals surface area contributed by atoms with Crippen molar-refractivity contribution in [1.82, 2.24) is 20.4 Å². The van der Waals surface area contributed by atoms with Crippen LogP contribution in [0.2, 0.25) is 0 Å². The van der Waals surface area contributed by atoms with Crippen molar-refractivity contribution in [3.8, 4) is 0 Å². The molecule has 2 amide bonds. The molecule has 0 unspecified atom stereocenters. The number of carbonyl (C=O) groups excluding carboxylic acids is 1. The average molecular weight is 336 g/mol. The van der Waals surface area contributed by atoms with Gasteiger partial charge in [0.2, 0.25) is 5.89 Å². The molecule has 7 heteroatoms. The SMILES string of the molecule is CCC1(CNC(=O)N2C[C@@H](OC)C[C@@H]2c2nc(C)no2)CCCC1. The number of rotatable bonds is 5. The second kappa shape index (κ2) is 7.09. The van der Waals surface area contributed by atoms with Crippen LogP contribution in [0.3, 0.4) is 0 Å². The standard InChI is InChI=1S/C17H28N4O3/c1-4-17(7-5-6-8-17)11-18-16(22)21-10-13(23-3)9-14(21)15-19-12(2)20-24-15/h13-14H,4-11H2,1-3H3,(H,18,22)/t13-,14+/m0/s1. The molecule has 1 saturated carbocycles. The summed E-state index contributed by atoms with van der Waals surface area (Å²) in [7, 11) is 1.67. The van der Waals surface area contributed by atoms with Crippen molar-refractivity contribution >= 4 is 6.03 Å². The Hall–Kier alpha value is -1.63. The highest BCUT2D eigenvalue weighted by molar-refractivity contribution is 5.75. The van der Waals surface area contributed by atoms with Gasteiger partial charge in [0.1, 0.15) is 6.04 Å². The molecule has 2 aliphatic rings. The van der Waals surface area contributed by atoms with Crippen LogP contribution in [0.5, 0.6) is 0 Å². The highest BCUT2D eigenvalue weighted by Crippen LogP contribution is 2.40. The fourth-order valence-electron chi connectivity index (χ4n) is 4.02. The largest absolute Gasteiger partial charge is 0.380 e. The summed E-state index contributed by atoms with van der Waals surface area (Å²) in [5, 5.41) is 7.00. The van der Waals surface area contributed by atoms with Crippen LogP contribution in [-0.2, 0) is 4.74 Å². The normalized spacial score (nSPS) is 26.0. The fraction of sp³-hybridized carbons (Fsp3) is 0.824. The topological polar surface area (TPSA) is 80.5 Å². The van der Waals surface area contributed by atoms with Crippen molar-refractivity contribution < 1.29 is 14.1 Å². The quantitative estimate of drug-likeness (QED) is 0.894. The Labute approximate surface area is 143 Å². The number of aromatic nitrogens is 2. The van der Waals surface area contributed by atoms with Crippen LogP contribution in [0.1, 0.15) is 63.2 Å². The summed E-state index contributed by atoms with van der Waals surface area (Å²) in [4.78, 5) is 18.9. The molecule has 1 aliphatic heterocycles. The second-order valence-corrected chi connectivity index (χ2v) is 7.16. The molecule has 1 aromatic heterocycles. The maximum atomic E-state index is 12.8. The molecule has 0 aromatic carbocycles. The van der Waals surface area contributed by atoms with Gasteiger partial charge in [-0.1, -0.05) is 24.9 Å². The maximum Gasteiger partial charge on any atom is 0.318 e. The van der Waals surface area contributed by atoms with Crippen molar-refractivity contribution in [1.29, 1.82) is 0 Å². The van der Waals surface area contributed by atoms with Gasteiger partial charge in [0.15, 0.2) is 5.82 Å². The van der Waals surface area contributed by atoms with E-state index in [0.29, 0.717) is 24.7 Å². The molecule has 0 bridgehead atoms. The number of carbonyl (C=O) groups is 1. The van der Waals surface area contributed by atoms with E-state index in [0.717, 1.165) is 13.0 Å². The Bertz CT molecular complexity index is 568. The van der Waals surface area contributed by atoms with E-state index in [-0.39, 0.29) is 23.6 Å². The molecule has 1 aliphatic carbocycles. The molecular weight excluding hydrogens is 308 g/mol. The number of nitrogens with one attached hydrogen (secondary N) is 1. The molecule has 2 heterocycles. The first-order valence-corrected chi connectivity index (χ1v) is 8.94. The minimum Gasteiger partial charge on any atom is -0.380 e. The van der Waals surface area contributed by atoms with Crippen molar-refractivity contribution in [3.63, 3.8) is 0 Å². The molecule has 1 saturated heterocycles. The lowest BCUT2D eigenvalue weighted by Crippen LogP contribution is -2.44. The summed E-state index contributed by atoms with van der Waals surface area (Å²) in [6.07, 6.45) is 6.74. The van der Waals surface area contributed by atoms with Crippen LogP contribution >= 0.6 is 0 Å². The number of urea groups is 1. The van der Waals surface area contributed by atoms with Gasteiger partial charge >= 0.3 is 6.03 Å². The van der Waals surface area contributed by atoms with Gasteiger partial charge in [-0.15, -0.1) is 0 Å². The third kappa shape index (κ3) is 3.41. The van der Waals surface area contributed by atoms with E-state index in [4.69, 9.17) is 9.26 Å². The van der Waals surface area contributed by atoms with E-state index in [9.17, 15) is 4.79 Å². The summed E-state index contributed by atoms with van der Waals surface area (Å²) >= 11 is 0. The number of aryl methyl sites for hydroxylation is 1. The Kier molecular flexibility index (Phi) is 5.08. The summed E-state index contributed by atoms with van der Waals surface area (Å²) in [5.74, 6) is 1.08. The molecule has 2 atom stereocenters. The van der Waals surface area contributed by atoms with Crippen LogP contribution in [0.4, 0.5) is 4.79 Å². The maximum absolute atomic E-state index is 12.8. The van der Waals surface area contributed by atoms with Gasteiger partial charge in [0, 0.05) is 26.6 Å². The van der Waals surface area contributed by atoms with Crippen molar-refractivity contribution in [2.24, 2.45) is 5.41 Å². The molecule has 1 N–H and O–H groups in total. The summed E-state index contributed by atoms with van der Waals surface area (Å²) in [6, 6.07) is -0.271. The molecule has 24 heavy (non-hydrogen) atoms. The number of methoxy groups -OCH3 is 1. The lowest BCUT2D eigenvalue weighted by molar-refractivity contribution is 0.110. The third-order valence-electron chi connectivity index (χ3n) is 5.71. The van der Waals surface area contributed by atoms with Crippen LogP contribution in [0.25, 0.3) is 0 Å². The van der Waals surface area contributed by atoms with E-state index < -0.39 is 0 Å². The smallest absolute Gasteiger partial charge is 0.318 e. The van der Waals surface area contributed by atoms with Crippen molar-refractivity contribution in [2.75, 3.05) is 20.2 Å². The highest BCUT2D eigenvalue weighted by Gasteiger charge is 2.40. The van der Waals surface area contributed by atoms with Gasteiger partial charge in [-0.3, -0.25) is 0 Å². The number of nitrogens with zero attached hydrogens (tertiary/aromatic N) is 3. The van der Waals surface area contributed by atoms with Gasteiger partial charge in [-0.25, -0.2) is 4.79 Å². The number of amides is 2. The minimum atomic E-state index is -0.211. The molecule has 134 valence electrons. The molecule has 2 fully saturated rings. The lowest BCUT2D eigenvalue weighted by Gasteiger charge is -2.30. The van der Waals surface area contributed by atoms with Gasteiger partial charge < -0.3 is 19.5 Å². The van der Waals surface area contributed by atoms with E-state index in [1.165, 1.54) is 25.7 Å². The molecule has 0 spiro atoms. The average Bonchev–Trinajstić information content (AvgIpc) is 3.31. The third-order valence-corrected chi connectivity index (χ3v) is 5.71. The van der Waals surface area contributed by atoms with Crippen molar-refractivity contribution in [2.45, 2.75) is 64.5 Å². The minimum absolute atomic E-state index is 0.000396. The van der Waals surface area contributed by atoms with E-state index in [2.05, 4.69) is 22.4 Å². The van der Waals surface area contributed by atoms with Gasteiger partial charge in [0.05, 0.1) is 6.10 Å². The first-order valence-electron chi connectivity index (χ1n) is 8.94. The van der Waals surface area contributed by atoms with Gasteiger partial charge in [-0.2, -0.15) is 4.98 Å². The van der Waals surface area contributed by atoms with Crippen LogP contribution in [0, 0.1) is 12.3 Å². The van der Waals surface area contributed by atoms with Crippen LogP contribution in [-0.4, -0.2) is 47.4 Å². The van der Waals surface area contributed by atoms with E-state index in [1.54, 1.807) is 18.9 Å². The van der Waals surface area contributed by atoms with Crippen molar-refractivity contribution in [3.05, 3.63) is 11.7 Å². The first-order chi connectivity index (χ1) is 11.6. The van der Waals surface area contributed by atoms with Crippen LogP contribution < -0.4 is 5.32 Å². The Morgan fingerprint density at radius 2 is 2.21 bits per heavy atom. The van der Waals surface area contributed by atoms with E-state index >= 15 is 0 Å². The molecule has 7 nitrogen and oxygen atoms in total. The zero-order valence-electron chi connectivity index (χ0n) is 14.9. The fourth-order valence-corrected chi connectivity index (χ4v) is 4.02. The summed E-state index contributed by atoms with van der Waals surface area (Å²) < 4.78 is 10.8. The predicted molar refractivity (Wildman–Crippen MR) is 88.5 cm³/mol. The number of ether oxygens (including phenoxy) is 1. The van der Waals surface area contributed by atoms with Crippen LogP contribution in [0.15, 0.2) is 4.52 Å². The Morgan fingerprint density at radius 3 is 2.79 bits per heavy atom. The number of likely N-dealkylation sites (tertiary alicyclic amines) is 1. The summed E-state index contributed by atoms with van der Waals surface area (Å²) in [5.41, 5.74) is 0.270. The molecular formula is C17H28N4O3. The second-order valence-electron chi connectivity index (χ2n) is 7.16.